The molecule has 4 saturated carbocycles. The Balaban J connectivity index is 1.45. The largest absolute Gasteiger partial charge is 0.0973 e. The normalized spacial score (nSPS) is 24.8. The zero-order valence-electron chi connectivity index (χ0n) is 15.4. The predicted molar refractivity (Wildman–Crippen MR) is 112 cm³/mol. The van der Waals surface area contributed by atoms with Crippen LogP contribution in [0, 0.1) is 175 Å². The standard InChI is InChI=1S/C28H18/c1-2-12-23(11-1)15-9-21-27(25-17-5-6-18-25)28(26-19-7-8-20-26)22-10-16-24-13-3-4-14-24/h1-8,11-14,17-22H. The zero-order valence-corrected chi connectivity index (χ0v) is 15.4. The van der Waals surface area contributed by atoms with Crippen LogP contribution in [0.4, 0.5) is 0 Å². The average molecular weight is 354 g/mol. The van der Waals surface area contributed by atoms with Gasteiger partial charge in [-0.1, -0.05) is 23.7 Å². The molecule has 0 aromatic heterocycles. The molecule has 0 amide bonds. The number of rotatable bonds is 5. The van der Waals surface area contributed by atoms with Gasteiger partial charge in [0, 0.05) is 24.7 Å². The lowest BCUT2D eigenvalue weighted by molar-refractivity contribution is 0.951. The molecule has 24 radical (unpaired) electrons. The van der Waals surface area contributed by atoms with Crippen LogP contribution in [0.1, 0.15) is 0 Å². The van der Waals surface area contributed by atoms with Crippen molar-refractivity contribution in [1.82, 2.24) is 0 Å². The maximum atomic E-state index is 3.22. The molecule has 0 aromatic carbocycles. The second kappa shape index (κ2) is 10.8. The number of hydrogen-bond donors (Lipinski definition) is 0. The van der Waals surface area contributed by atoms with Crippen LogP contribution in [-0.4, -0.2) is 0 Å². The van der Waals surface area contributed by atoms with Gasteiger partial charge in [0.1, 0.15) is 0 Å². The van der Waals surface area contributed by atoms with E-state index in [0.29, 0.717) is 0 Å². The highest BCUT2D eigenvalue weighted by Gasteiger charge is 2.39. The maximum absolute atomic E-state index is 3.22. The van der Waals surface area contributed by atoms with Crippen molar-refractivity contribution in [3.05, 3.63) is 151 Å². The second-order valence-electron chi connectivity index (χ2n) is 6.35. The second-order valence-corrected chi connectivity index (χ2v) is 6.35. The molecule has 0 aromatic rings. The lowest BCUT2D eigenvalue weighted by Crippen LogP contribution is -2.23. The molecule has 0 heteroatoms. The van der Waals surface area contributed by atoms with Crippen molar-refractivity contribution in [3.63, 3.8) is 0 Å². The molecule has 130 valence electrons. The Bertz CT molecular complexity index is 515. The van der Waals surface area contributed by atoms with Crippen molar-refractivity contribution < 1.29 is 0 Å². The molecule has 0 aliphatic heterocycles. The van der Waals surface area contributed by atoms with Gasteiger partial charge in [-0.25, -0.2) is 0 Å². The summed E-state index contributed by atoms with van der Waals surface area (Å²) in [6.45, 7) is 0. The summed E-state index contributed by atoms with van der Waals surface area (Å²) in [5.41, 5.74) is 0. The molecule has 0 bridgehead atoms. The van der Waals surface area contributed by atoms with Crippen LogP contribution in [0.2, 0.25) is 0 Å². The third-order valence-corrected chi connectivity index (χ3v) is 4.43. The average Bonchev–Trinajstić information content (AvgIpc) is 3.51. The summed E-state index contributed by atoms with van der Waals surface area (Å²) in [5, 5.41) is 0. The molecule has 0 N–H and O–H groups in total. The summed E-state index contributed by atoms with van der Waals surface area (Å²) in [6.07, 6.45) is 36.7. The van der Waals surface area contributed by atoms with Crippen LogP contribution in [0.3, 0.4) is 0 Å². The first-order valence-corrected chi connectivity index (χ1v) is 9.21. The van der Waals surface area contributed by atoms with Crippen LogP contribution < -0.4 is 0 Å². The highest BCUT2D eigenvalue weighted by molar-refractivity contribution is 5.66. The van der Waals surface area contributed by atoms with Crippen molar-refractivity contribution in [1.29, 1.82) is 0 Å². The van der Waals surface area contributed by atoms with Crippen molar-refractivity contribution in [2.24, 2.45) is 0 Å². The summed E-state index contributed by atoms with van der Waals surface area (Å²) in [4.78, 5) is 0. The lowest BCUT2D eigenvalue weighted by Gasteiger charge is -2.31. The molecule has 28 heavy (non-hydrogen) atoms. The van der Waals surface area contributed by atoms with Gasteiger partial charge in [0.15, 0.2) is 0 Å². The van der Waals surface area contributed by atoms with Gasteiger partial charge in [-0.3, -0.25) is 0 Å². The van der Waals surface area contributed by atoms with Crippen molar-refractivity contribution in [2.75, 3.05) is 0 Å². The molecular weight excluding hydrogens is 336 g/mol. The minimum absolute atomic E-state index is 1.02. The smallest absolute Gasteiger partial charge is 0.0554 e. The van der Waals surface area contributed by atoms with Crippen molar-refractivity contribution in [2.45, 2.75) is 0 Å². The predicted octanol–water partition coefficient (Wildman–Crippen LogP) is 4.17. The van der Waals surface area contributed by atoms with Crippen LogP contribution in [0.5, 0.6) is 0 Å². The first-order chi connectivity index (χ1) is 13.9. The molecule has 0 unspecified atom stereocenters. The first-order valence-electron chi connectivity index (χ1n) is 9.21. The lowest BCUT2D eigenvalue weighted by atomic mass is 9.70. The van der Waals surface area contributed by atoms with E-state index in [0.717, 1.165) is 35.5 Å². The van der Waals surface area contributed by atoms with Crippen molar-refractivity contribution in [3.8, 4) is 23.7 Å². The van der Waals surface area contributed by atoms with E-state index in [-0.39, 0.29) is 0 Å². The minimum atomic E-state index is 1.02. The Morgan fingerprint density at radius 1 is 0.464 bits per heavy atom. The summed E-state index contributed by atoms with van der Waals surface area (Å²) in [7, 11) is 0. The zero-order chi connectivity index (χ0) is 19.0. The van der Waals surface area contributed by atoms with Crippen LogP contribution >= 0.6 is 0 Å². The van der Waals surface area contributed by atoms with Gasteiger partial charge < -0.3 is 0 Å². The summed E-state index contributed by atoms with van der Waals surface area (Å²) < 4.78 is 0. The quantitative estimate of drug-likeness (QED) is 0.650. The number of hydrogen-bond acceptors (Lipinski definition) is 0. The van der Waals surface area contributed by atoms with Crippen LogP contribution in [0.25, 0.3) is 0 Å². The maximum Gasteiger partial charge on any atom is 0.0554 e. The summed E-state index contributed by atoms with van der Waals surface area (Å²) in [6, 6.07) is 0. The fraction of sp³-hybridized carbons (Fsp3) is 0. The highest BCUT2D eigenvalue weighted by atomic mass is 14.4. The van der Waals surface area contributed by atoms with Crippen LogP contribution in [0.15, 0.2) is 0 Å². The first kappa shape index (κ1) is 20.4. The molecule has 0 atom stereocenters. The molecular formula is C28H18. The van der Waals surface area contributed by atoms with Crippen LogP contribution in [-0.2, 0) is 0 Å². The SMILES string of the molecule is C(#C[C]1[CH][CH][CH][CH]1)[CH][C]([C]1[CH][CH][CH][CH]1)[C]([CH]C#C[C]1[CH][CH][CH][CH]1)[C]1[CH][CH][CH][CH]1. The van der Waals surface area contributed by atoms with Gasteiger partial charge in [0.05, 0.1) is 11.8 Å². The molecule has 0 spiro atoms. The highest BCUT2D eigenvalue weighted by Crippen LogP contribution is 2.47. The monoisotopic (exact) mass is 354 g/mol. The van der Waals surface area contributed by atoms with Gasteiger partial charge in [-0.05, 0) is 115 Å². The van der Waals surface area contributed by atoms with E-state index in [4.69, 9.17) is 0 Å². The summed E-state index contributed by atoms with van der Waals surface area (Å²) in [5.74, 6) is 19.3. The van der Waals surface area contributed by atoms with E-state index in [1.807, 2.05) is 89.9 Å². The Hall–Kier alpha value is -0.880. The molecule has 4 aliphatic rings. The van der Waals surface area contributed by atoms with Crippen molar-refractivity contribution >= 4 is 0 Å². The Kier molecular flexibility index (Phi) is 7.84. The van der Waals surface area contributed by atoms with Gasteiger partial charge >= 0.3 is 0 Å². The molecule has 4 fully saturated rings. The molecule has 0 heterocycles. The van der Waals surface area contributed by atoms with E-state index in [1.165, 1.54) is 0 Å². The fourth-order valence-electron chi connectivity index (χ4n) is 3.04. The van der Waals surface area contributed by atoms with E-state index >= 15 is 0 Å². The van der Waals surface area contributed by atoms with E-state index in [1.54, 1.807) is 0 Å². The Labute approximate surface area is 175 Å². The van der Waals surface area contributed by atoms with Gasteiger partial charge in [0.25, 0.3) is 0 Å². The fourth-order valence-corrected chi connectivity index (χ4v) is 3.04. The summed E-state index contributed by atoms with van der Waals surface area (Å²) >= 11 is 0. The molecule has 0 nitrogen and oxygen atoms in total. The van der Waals surface area contributed by atoms with Gasteiger partial charge in [-0.2, -0.15) is 0 Å². The van der Waals surface area contributed by atoms with E-state index in [2.05, 4.69) is 49.4 Å². The van der Waals surface area contributed by atoms with E-state index < -0.39 is 0 Å². The topological polar surface area (TPSA) is 0 Å². The van der Waals surface area contributed by atoms with Gasteiger partial charge in [-0.15, -0.1) is 0 Å². The molecule has 4 aliphatic carbocycles. The minimum Gasteiger partial charge on any atom is -0.0973 e. The molecule has 4 rings (SSSR count). The van der Waals surface area contributed by atoms with Gasteiger partial charge in [0.2, 0.25) is 0 Å². The van der Waals surface area contributed by atoms with E-state index in [9.17, 15) is 0 Å². The Morgan fingerprint density at radius 2 is 0.786 bits per heavy atom. The Morgan fingerprint density at radius 3 is 1.14 bits per heavy atom. The third kappa shape index (κ3) is 5.59. The third-order valence-electron chi connectivity index (χ3n) is 4.43. The molecule has 0 saturated heterocycles.